The largest absolute Gasteiger partial charge is 0.475 e. The Kier molecular flexibility index (Phi) is 4.94. The van der Waals surface area contributed by atoms with Crippen molar-refractivity contribution in [3.63, 3.8) is 0 Å². The third-order valence-corrected chi connectivity index (χ3v) is 4.52. The fourth-order valence-electron chi connectivity index (χ4n) is 3.37. The van der Waals surface area contributed by atoms with Gasteiger partial charge in [0, 0.05) is 17.0 Å². The van der Waals surface area contributed by atoms with Crippen LogP contribution in [0.4, 0.5) is 0 Å². The second-order valence-electron chi connectivity index (χ2n) is 7.10. The smallest absolute Gasteiger partial charge is 0.336 e. The number of rotatable bonds is 5. The number of allylic oxidation sites excluding steroid dienone is 2. The van der Waals surface area contributed by atoms with Crippen molar-refractivity contribution in [2.24, 2.45) is 4.99 Å². The summed E-state index contributed by atoms with van der Waals surface area (Å²) in [5.74, 6) is 0.471. The Bertz CT molecular complexity index is 785. The molecule has 1 unspecified atom stereocenters. The van der Waals surface area contributed by atoms with Gasteiger partial charge in [-0.1, -0.05) is 6.92 Å². The molecular weight excluding hydrogens is 332 g/mol. The lowest BCUT2D eigenvalue weighted by atomic mass is 9.82. The van der Waals surface area contributed by atoms with Gasteiger partial charge in [-0.25, -0.2) is 9.79 Å². The first-order chi connectivity index (χ1) is 12.4. The first kappa shape index (κ1) is 18.3. The van der Waals surface area contributed by atoms with Crippen LogP contribution in [0, 0.1) is 0 Å². The quantitative estimate of drug-likeness (QED) is 0.813. The summed E-state index contributed by atoms with van der Waals surface area (Å²) in [7, 11) is 0. The Morgan fingerprint density at radius 3 is 2.73 bits per heavy atom. The zero-order chi connectivity index (χ0) is 18.9. The van der Waals surface area contributed by atoms with Gasteiger partial charge in [0.2, 0.25) is 5.90 Å². The molecule has 140 valence electrons. The minimum atomic E-state index is -0.409. The molecule has 0 aromatic carbocycles. The predicted octanol–water partition coefficient (Wildman–Crippen LogP) is 3.67. The number of aliphatic imine (C=N–C) groups is 1. The van der Waals surface area contributed by atoms with Crippen LogP contribution in [0.3, 0.4) is 0 Å². The highest BCUT2D eigenvalue weighted by molar-refractivity contribution is 6.02. The van der Waals surface area contributed by atoms with Crippen molar-refractivity contribution in [1.29, 1.82) is 0 Å². The normalized spacial score (nSPS) is 22.0. The number of hydrogen-bond acceptors (Lipinski definition) is 6. The molecule has 1 aromatic rings. The van der Waals surface area contributed by atoms with E-state index in [1.807, 2.05) is 32.9 Å². The van der Waals surface area contributed by atoms with Crippen LogP contribution in [0.1, 0.15) is 52.7 Å². The van der Waals surface area contributed by atoms with E-state index in [0.29, 0.717) is 30.4 Å². The van der Waals surface area contributed by atoms with E-state index in [-0.39, 0.29) is 11.5 Å². The lowest BCUT2D eigenvalue weighted by Gasteiger charge is -2.30. The van der Waals surface area contributed by atoms with Crippen molar-refractivity contribution in [1.82, 2.24) is 5.32 Å². The zero-order valence-electron chi connectivity index (χ0n) is 16.0. The Hall–Kier alpha value is -2.50. The van der Waals surface area contributed by atoms with Gasteiger partial charge >= 0.3 is 5.97 Å². The molecule has 1 aromatic heterocycles. The van der Waals surface area contributed by atoms with Crippen LogP contribution >= 0.6 is 0 Å². The zero-order valence-corrected chi connectivity index (χ0v) is 16.0. The minimum absolute atomic E-state index is 0.296. The van der Waals surface area contributed by atoms with Crippen molar-refractivity contribution in [2.45, 2.75) is 52.5 Å². The second kappa shape index (κ2) is 7.02. The highest BCUT2D eigenvalue weighted by Crippen LogP contribution is 2.41. The summed E-state index contributed by atoms with van der Waals surface area (Å²) in [4.78, 5) is 17.5. The highest BCUT2D eigenvalue weighted by Gasteiger charge is 2.41. The lowest BCUT2D eigenvalue weighted by Crippen LogP contribution is -2.32. The lowest BCUT2D eigenvalue weighted by molar-refractivity contribution is -0.138. The maximum Gasteiger partial charge on any atom is 0.336 e. The monoisotopic (exact) mass is 358 g/mol. The third kappa shape index (κ3) is 3.28. The predicted molar refractivity (Wildman–Crippen MR) is 98.7 cm³/mol. The van der Waals surface area contributed by atoms with Gasteiger partial charge in [-0.3, -0.25) is 0 Å². The molecule has 0 radical (unpaired) electrons. The van der Waals surface area contributed by atoms with Crippen LogP contribution in [0.15, 0.2) is 50.3 Å². The van der Waals surface area contributed by atoms with Gasteiger partial charge in [0.15, 0.2) is 0 Å². The molecule has 26 heavy (non-hydrogen) atoms. The first-order valence-corrected chi connectivity index (χ1v) is 9.02. The van der Waals surface area contributed by atoms with Crippen molar-refractivity contribution < 1.29 is 18.7 Å². The summed E-state index contributed by atoms with van der Waals surface area (Å²) in [6.07, 6.45) is 2.36. The van der Waals surface area contributed by atoms with E-state index in [9.17, 15) is 4.79 Å². The molecule has 0 spiro atoms. The Morgan fingerprint density at radius 2 is 2.19 bits per heavy atom. The number of carbonyl (C=O) groups excluding carboxylic acids is 1. The average molecular weight is 358 g/mol. The van der Waals surface area contributed by atoms with Gasteiger partial charge in [-0.05, 0) is 46.2 Å². The van der Waals surface area contributed by atoms with Crippen LogP contribution < -0.4 is 5.32 Å². The standard InChI is InChI=1S/C20H26N2O4/c1-6-13-16(18-22-20(4,5)11-26-18)17(14-9-8-10-25-14)15(12(3)21-13)19(23)24-7-2/h8-10,17,21H,6-7,11H2,1-5H3. The third-order valence-electron chi connectivity index (χ3n) is 4.52. The highest BCUT2D eigenvalue weighted by atomic mass is 16.5. The van der Waals surface area contributed by atoms with Crippen molar-refractivity contribution in [2.75, 3.05) is 13.2 Å². The van der Waals surface area contributed by atoms with Crippen LogP contribution in [-0.4, -0.2) is 30.6 Å². The van der Waals surface area contributed by atoms with Gasteiger partial charge in [-0.2, -0.15) is 0 Å². The van der Waals surface area contributed by atoms with E-state index in [1.165, 1.54) is 0 Å². The molecule has 0 amide bonds. The second-order valence-corrected chi connectivity index (χ2v) is 7.10. The molecule has 2 aliphatic heterocycles. The van der Waals surface area contributed by atoms with Crippen molar-refractivity contribution >= 4 is 11.9 Å². The molecule has 1 N–H and O–H groups in total. The van der Waals surface area contributed by atoms with Crippen LogP contribution in [-0.2, 0) is 14.3 Å². The van der Waals surface area contributed by atoms with E-state index in [0.717, 1.165) is 23.4 Å². The van der Waals surface area contributed by atoms with Gasteiger partial charge in [0.25, 0.3) is 0 Å². The van der Waals surface area contributed by atoms with E-state index < -0.39 is 5.92 Å². The van der Waals surface area contributed by atoms with E-state index in [2.05, 4.69) is 12.2 Å². The molecule has 0 saturated heterocycles. The number of nitrogens with one attached hydrogen (secondary N) is 1. The van der Waals surface area contributed by atoms with Gasteiger partial charge in [0.1, 0.15) is 12.4 Å². The fraction of sp³-hybridized carbons (Fsp3) is 0.500. The van der Waals surface area contributed by atoms with Crippen molar-refractivity contribution in [3.8, 4) is 0 Å². The summed E-state index contributed by atoms with van der Waals surface area (Å²) < 4.78 is 16.9. The first-order valence-electron chi connectivity index (χ1n) is 9.02. The molecule has 6 heteroatoms. The molecule has 3 heterocycles. The summed E-state index contributed by atoms with van der Waals surface area (Å²) in [6, 6.07) is 3.69. The molecule has 0 fully saturated rings. The Labute approximate surface area is 154 Å². The molecule has 6 nitrogen and oxygen atoms in total. The van der Waals surface area contributed by atoms with E-state index in [4.69, 9.17) is 18.9 Å². The number of furan rings is 1. The number of dihydropyridines is 1. The fourth-order valence-corrected chi connectivity index (χ4v) is 3.37. The van der Waals surface area contributed by atoms with Crippen LogP contribution in [0.2, 0.25) is 0 Å². The summed E-state index contributed by atoms with van der Waals surface area (Å²) in [5.41, 5.74) is 2.83. The van der Waals surface area contributed by atoms with E-state index in [1.54, 1.807) is 13.2 Å². The molecule has 0 aliphatic carbocycles. The van der Waals surface area contributed by atoms with E-state index >= 15 is 0 Å². The maximum absolute atomic E-state index is 12.7. The maximum atomic E-state index is 12.7. The number of carbonyl (C=O) groups is 1. The summed E-state index contributed by atoms with van der Waals surface area (Å²) in [6.45, 7) is 10.6. The van der Waals surface area contributed by atoms with Gasteiger partial charge in [0.05, 0.1) is 29.9 Å². The molecule has 2 aliphatic rings. The van der Waals surface area contributed by atoms with Crippen molar-refractivity contribution in [3.05, 3.63) is 46.7 Å². The van der Waals surface area contributed by atoms with Gasteiger partial charge < -0.3 is 19.2 Å². The van der Waals surface area contributed by atoms with Crippen LogP contribution in [0.25, 0.3) is 0 Å². The summed E-state index contributed by atoms with van der Waals surface area (Å²) >= 11 is 0. The van der Waals surface area contributed by atoms with Gasteiger partial charge in [-0.15, -0.1) is 0 Å². The van der Waals surface area contributed by atoms with Crippen LogP contribution in [0.5, 0.6) is 0 Å². The number of ether oxygens (including phenoxy) is 2. The number of nitrogens with zero attached hydrogens (tertiary/aromatic N) is 1. The number of hydrogen-bond donors (Lipinski definition) is 1. The number of esters is 1. The Balaban J connectivity index is 2.17. The molecular formula is C20H26N2O4. The average Bonchev–Trinajstić information content (AvgIpc) is 3.23. The molecule has 0 bridgehead atoms. The Morgan fingerprint density at radius 1 is 1.42 bits per heavy atom. The topological polar surface area (TPSA) is 73.1 Å². The minimum Gasteiger partial charge on any atom is -0.475 e. The molecule has 0 saturated carbocycles. The molecule has 1 atom stereocenters. The SMILES string of the molecule is CCOC(=O)C1=C(C)NC(CC)=C(C2=NC(C)(C)CO2)C1c1ccco1. The molecule has 3 rings (SSSR count). The summed E-state index contributed by atoms with van der Waals surface area (Å²) in [5, 5.41) is 3.36.